The van der Waals surface area contributed by atoms with E-state index < -0.39 is 10.0 Å². The van der Waals surface area contributed by atoms with Crippen LogP contribution in [0, 0.1) is 5.92 Å². The van der Waals surface area contributed by atoms with E-state index in [9.17, 15) is 13.2 Å². The summed E-state index contributed by atoms with van der Waals surface area (Å²) in [5, 5.41) is 0. The molecule has 0 spiro atoms. The maximum absolute atomic E-state index is 12.8. The van der Waals surface area contributed by atoms with E-state index in [1.54, 1.807) is 29.3 Å². The van der Waals surface area contributed by atoms with Gasteiger partial charge in [0.15, 0.2) is 0 Å². The molecule has 2 aliphatic rings. The minimum absolute atomic E-state index is 0.0226. The van der Waals surface area contributed by atoms with Gasteiger partial charge in [-0.15, -0.1) is 0 Å². The van der Waals surface area contributed by atoms with E-state index in [-0.39, 0.29) is 22.8 Å². The number of aromatic nitrogens is 2. The predicted octanol–water partition coefficient (Wildman–Crippen LogP) is 1.72. The Morgan fingerprint density at radius 3 is 2.93 bits per heavy atom. The van der Waals surface area contributed by atoms with Gasteiger partial charge in [0, 0.05) is 50.6 Å². The topological polar surface area (TPSA) is 84.3 Å². The zero-order valence-corrected chi connectivity index (χ0v) is 16.4. The van der Waals surface area contributed by atoms with Crippen molar-refractivity contribution in [2.24, 2.45) is 5.92 Å². The lowest BCUT2D eigenvalue weighted by molar-refractivity contribution is -0.116. The molecule has 0 saturated carbocycles. The van der Waals surface area contributed by atoms with Crippen molar-refractivity contribution in [2.75, 3.05) is 11.4 Å². The van der Waals surface area contributed by atoms with Crippen LogP contribution in [0.1, 0.15) is 31.7 Å². The lowest BCUT2D eigenvalue weighted by Crippen LogP contribution is -2.33. The summed E-state index contributed by atoms with van der Waals surface area (Å²) in [6.07, 6.45) is 6.14. The number of imidazole rings is 1. The number of amides is 1. The van der Waals surface area contributed by atoms with Gasteiger partial charge in [-0.3, -0.25) is 4.79 Å². The first-order valence-electron chi connectivity index (χ1n) is 9.27. The van der Waals surface area contributed by atoms with Crippen LogP contribution in [0.25, 0.3) is 0 Å². The number of hydrogen-bond acceptors (Lipinski definition) is 4. The van der Waals surface area contributed by atoms with Crippen LogP contribution >= 0.6 is 0 Å². The number of sulfonamides is 1. The largest absolute Gasteiger partial charge is 0.335 e. The van der Waals surface area contributed by atoms with Gasteiger partial charge in [-0.1, -0.05) is 0 Å². The molecule has 1 amide bonds. The van der Waals surface area contributed by atoms with Crippen molar-refractivity contribution >= 4 is 21.6 Å². The Morgan fingerprint density at radius 1 is 1.33 bits per heavy atom. The number of nitrogens with zero attached hydrogens (tertiary/aromatic N) is 3. The third-order valence-electron chi connectivity index (χ3n) is 5.53. The van der Waals surface area contributed by atoms with Crippen molar-refractivity contribution in [2.45, 2.75) is 50.6 Å². The van der Waals surface area contributed by atoms with Gasteiger partial charge in [-0.05, 0) is 49.4 Å². The zero-order valence-electron chi connectivity index (χ0n) is 15.6. The van der Waals surface area contributed by atoms with Gasteiger partial charge in [-0.2, -0.15) is 0 Å². The lowest BCUT2D eigenvalue weighted by atomic mass is 9.98. The average Bonchev–Trinajstić information content (AvgIpc) is 3.21. The molecule has 1 N–H and O–H groups in total. The first kappa shape index (κ1) is 18.2. The first-order valence-corrected chi connectivity index (χ1v) is 10.8. The number of carbonyl (C=O) groups excluding carboxylic acids is 1. The second-order valence-corrected chi connectivity index (χ2v) is 9.25. The van der Waals surface area contributed by atoms with Crippen LogP contribution in [0.2, 0.25) is 0 Å². The number of aryl methyl sites for hydroxylation is 1. The highest BCUT2D eigenvalue weighted by Gasteiger charge is 2.30. The Balaban J connectivity index is 1.47. The Morgan fingerprint density at radius 2 is 2.15 bits per heavy atom. The Bertz CT molecular complexity index is 983. The normalized spacial score (nSPS) is 21.8. The summed E-state index contributed by atoms with van der Waals surface area (Å²) in [7, 11) is -3.58. The van der Waals surface area contributed by atoms with Gasteiger partial charge < -0.3 is 9.47 Å². The summed E-state index contributed by atoms with van der Waals surface area (Å²) >= 11 is 0. The molecule has 0 bridgehead atoms. The van der Waals surface area contributed by atoms with E-state index in [1.165, 1.54) is 6.92 Å². The third-order valence-corrected chi connectivity index (χ3v) is 6.95. The van der Waals surface area contributed by atoms with Crippen molar-refractivity contribution in [3.05, 3.63) is 42.0 Å². The average molecular weight is 388 g/mol. The molecular formula is C19H24N4O3S. The van der Waals surface area contributed by atoms with Gasteiger partial charge in [0.25, 0.3) is 0 Å². The summed E-state index contributed by atoms with van der Waals surface area (Å²) in [4.78, 5) is 18.2. The second kappa shape index (κ2) is 6.76. The molecule has 27 heavy (non-hydrogen) atoms. The van der Waals surface area contributed by atoms with Gasteiger partial charge in [0.2, 0.25) is 15.9 Å². The molecule has 2 aromatic rings. The number of nitrogens with one attached hydrogen (secondary N) is 1. The van der Waals surface area contributed by atoms with Crippen LogP contribution in [-0.2, 0) is 34.2 Å². The molecule has 0 radical (unpaired) electrons. The summed E-state index contributed by atoms with van der Waals surface area (Å²) in [6, 6.07) is 5.08. The van der Waals surface area contributed by atoms with E-state index in [1.807, 2.05) is 13.1 Å². The van der Waals surface area contributed by atoms with E-state index >= 15 is 0 Å². The molecule has 0 aliphatic carbocycles. The molecule has 1 aromatic carbocycles. The number of hydrogen-bond donors (Lipinski definition) is 1. The monoisotopic (exact) mass is 388 g/mol. The number of rotatable bonds is 4. The van der Waals surface area contributed by atoms with Crippen molar-refractivity contribution in [3.63, 3.8) is 0 Å². The molecule has 2 unspecified atom stereocenters. The molecule has 3 heterocycles. The highest BCUT2D eigenvalue weighted by Crippen LogP contribution is 2.33. The molecular weight excluding hydrogens is 364 g/mol. The molecule has 144 valence electrons. The van der Waals surface area contributed by atoms with E-state index in [4.69, 9.17) is 0 Å². The first-order chi connectivity index (χ1) is 12.8. The van der Waals surface area contributed by atoms with Crippen molar-refractivity contribution in [1.82, 2.24) is 14.3 Å². The fourth-order valence-electron chi connectivity index (χ4n) is 4.16. The van der Waals surface area contributed by atoms with Gasteiger partial charge in [-0.25, -0.2) is 18.1 Å². The van der Waals surface area contributed by atoms with E-state index in [0.717, 1.165) is 36.5 Å². The minimum Gasteiger partial charge on any atom is -0.335 e. The number of fused-ring (bicyclic) bond motifs is 2. The second-order valence-electron chi connectivity index (χ2n) is 7.48. The Kier molecular flexibility index (Phi) is 4.55. The fourth-order valence-corrected chi connectivity index (χ4v) is 5.32. The van der Waals surface area contributed by atoms with Crippen LogP contribution in [0.3, 0.4) is 0 Å². The highest BCUT2D eigenvalue weighted by atomic mass is 32.2. The third kappa shape index (κ3) is 3.39. The number of benzene rings is 1. The number of carbonyl (C=O) groups is 1. The quantitative estimate of drug-likeness (QED) is 0.864. The fraction of sp³-hybridized carbons (Fsp3) is 0.474. The molecule has 8 heteroatoms. The van der Waals surface area contributed by atoms with Crippen LogP contribution in [-0.4, -0.2) is 36.5 Å². The summed E-state index contributed by atoms with van der Waals surface area (Å²) < 4.78 is 30.4. The van der Waals surface area contributed by atoms with E-state index in [0.29, 0.717) is 13.0 Å². The van der Waals surface area contributed by atoms with E-state index in [2.05, 4.69) is 14.3 Å². The molecule has 7 nitrogen and oxygen atoms in total. The SMILES string of the molecule is CC(=O)N1c2ccc(S(=O)(=O)NCC3CCn4ccnc4C3)cc2CC1C. The van der Waals surface area contributed by atoms with Gasteiger partial charge >= 0.3 is 0 Å². The van der Waals surface area contributed by atoms with Crippen molar-refractivity contribution in [1.29, 1.82) is 0 Å². The van der Waals surface area contributed by atoms with Crippen molar-refractivity contribution in [3.8, 4) is 0 Å². The number of anilines is 1. The minimum atomic E-state index is -3.58. The van der Waals surface area contributed by atoms with Crippen LogP contribution in [0.15, 0.2) is 35.5 Å². The molecule has 0 fully saturated rings. The highest BCUT2D eigenvalue weighted by molar-refractivity contribution is 7.89. The lowest BCUT2D eigenvalue weighted by Gasteiger charge is -2.23. The Hall–Kier alpha value is -2.19. The van der Waals surface area contributed by atoms with Crippen LogP contribution < -0.4 is 9.62 Å². The summed E-state index contributed by atoms with van der Waals surface area (Å²) in [6.45, 7) is 4.79. The zero-order chi connectivity index (χ0) is 19.2. The predicted molar refractivity (Wildman–Crippen MR) is 102 cm³/mol. The molecule has 0 saturated heterocycles. The molecule has 2 aliphatic heterocycles. The smallest absolute Gasteiger partial charge is 0.240 e. The molecule has 4 rings (SSSR count). The van der Waals surface area contributed by atoms with Gasteiger partial charge in [0.05, 0.1) is 4.90 Å². The standard InChI is InChI=1S/C19H24N4O3S/c1-13-9-16-11-17(3-4-18(16)23(13)14(2)24)27(25,26)21-12-15-5-7-22-8-6-20-19(22)10-15/h3-4,6,8,11,13,15,21H,5,7,9-10,12H2,1-2H3. The Labute approximate surface area is 159 Å². The summed E-state index contributed by atoms with van der Waals surface area (Å²) in [5.41, 5.74) is 1.72. The molecule has 1 aromatic heterocycles. The van der Waals surface area contributed by atoms with Crippen LogP contribution in [0.4, 0.5) is 5.69 Å². The maximum Gasteiger partial charge on any atom is 0.240 e. The maximum atomic E-state index is 12.8. The summed E-state index contributed by atoms with van der Waals surface area (Å²) in [5.74, 6) is 1.24. The van der Waals surface area contributed by atoms with Crippen LogP contribution in [0.5, 0.6) is 0 Å². The molecule has 2 atom stereocenters. The van der Waals surface area contributed by atoms with Crippen molar-refractivity contribution < 1.29 is 13.2 Å². The van der Waals surface area contributed by atoms with Gasteiger partial charge in [0.1, 0.15) is 5.82 Å².